The Morgan fingerprint density at radius 3 is 2.62 bits per heavy atom. The van der Waals surface area contributed by atoms with Gasteiger partial charge in [0.05, 0.1) is 0 Å². The Kier molecular flexibility index (Phi) is 3.60. The monoisotopic (exact) mass is 225 g/mol. The van der Waals surface area contributed by atoms with Gasteiger partial charge in [0.25, 0.3) is 0 Å². The Morgan fingerprint density at radius 2 is 2.06 bits per heavy atom. The third-order valence-corrected chi connectivity index (χ3v) is 4.46. The van der Waals surface area contributed by atoms with Gasteiger partial charge in [-0.25, -0.2) is 0 Å². The van der Waals surface area contributed by atoms with Crippen molar-refractivity contribution in [3.8, 4) is 0 Å². The van der Waals surface area contributed by atoms with E-state index in [4.69, 9.17) is 0 Å². The summed E-state index contributed by atoms with van der Waals surface area (Å²) in [7, 11) is 0. The molecule has 2 fully saturated rings. The SMILES string of the molecule is C[C@@H]1C[C@@H](N2CC[C@@H](CO)C2)CC(C)(C)C1. The predicted molar refractivity (Wildman–Crippen MR) is 67.3 cm³/mol. The third kappa shape index (κ3) is 2.78. The van der Waals surface area contributed by atoms with E-state index >= 15 is 0 Å². The number of rotatable bonds is 2. The molecule has 1 saturated carbocycles. The van der Waals surface area contributed by atoms with Crippen molar-refractivity contribution >= 4 is 0 Å². The van der Waals surface area contributed by atoms with Crippen molar-refractivity contribution in [3.63, 3.8) is 0 Å². The van der Waals surface area contributed by atoms with Crippen molar-refractivity contribution in [2.24, 2.45) is 17.3 Å². The van der Waals surface area contributed by atoms with E-state index in [1.54, 1.807) is 0 Å². The molecule has 1 N–H and O–H groups in total. The number of aliphatic hydroxyl groups excluding tert-OH is 1. The maximum atomic E-state index is 9.21. The van der Waals surface area contributed by atoms with Crippen LogP contribution in [-0.2, 0) is 0 Å². The van der Waals surface area contributed by atoms with Crippen LogP contribution < -0.4 is 0 Å². The molecule has 0 aromatic carbocycles. The van der Waals surface area contributed by atoms with Crippen molar-refractivity contribution in [3.05, 3.63) is 0 Å². The summed E-state index contributed by atoms with van der Waals surface area (Å²) < 4.78 is 0. The summed E-state index contributed by atoms with van der Waals surface area (Å²) in [5.74, 6) is 1.40. The molecule has 0 bridgehead atoms. The Bertz CT molecular complexity index is 239. The fourth-order valence-corrected chi connectivity index (χ4v) is 3.92. The Balaban J connectivity index is 1.94. The van der Waals surface area contributed by atoms with Gasteiger partial charge < -0.3 is 5.11 Å². The zero-order valence-electron chi connectivity index (χ0n) is 11.1. The van der Waals surface area contributed by atoms with Crippen molar-refractivity contribution in [1.82, 2.24) is 4.90 Å². The molecule has 94 valence electrons. The second-order valence-electron chi connectivity index (χ2n) is 6.90. The fourth-order valence-electron chi connectivity index (χ4n) is 3.92. The van der Waals surface area contributed by atoms with E-state index in [0.717, 1.165) is 18.5 Å². The van der Waals surface area contributed by atoms with Gasteiger partial charge in [-0.05, 0) is 49.5 Å². The Labute approximate surface area is 100 Å². The van der Waals surface area contributed by atoms with E-state index in [1.165, 1.54) is 32.2 Å². The Hall–Kier alpha value is -0.0800. The molecule has 2 nitrogen and oxygen atoms in total. The summed E-state index contributed by atoms with van der Waals surface area (Å²) in [5, 5.41) is 9.21. The lowest BCUT2D eigenvalue weighted by Gasteiger charge is -2.43. The lowest BCUT2D eigenvalue weighted by atomic mass is 9.70. The summed E-state index contributed by atoms with van der Waals surface area (Å²) in [4.78, 5) is 2.64. The lowest BCUT2D eigenvalue weighted by Crippen LogP contribution is -2.42. The highest BCUT2D eigenvalue weighted by Gasteiger charge is 2.37. The van der Waals surface area contributed by atoms with Gasteiger partial charge in [0.2, 0.25) is 0 Å². The van der Waals surface area contributed by atoms with E-state index in [-0.39, 0.29) is 0 Å². The van der Waals surface area contributed by atoms with Gasteiger partial charge in [-0.1, -0.05) is 20.8 Å². The molecule has 16 heavy (non-hydrogen) atoms. The minimum Gasteiger partial charge on any atom is -0.396 e. The first kappa shape index (κ1) is 12.4. The molecule has 2 heteroatoms. The second kappa shape index (κ2) is 4.66. The third-order valence-electron chi connectivity index (χ3n) is 4.46. The zero-order chi connectivity index (χ0) is 11.8. The van der Waals surface area contributed by atoms with Gasteiger partial charge >= 0.3 is 0 Å². The molecule has 0 spiro atoms. The molecule has 1 aliphatic heterocycles. The van der Waals surface area contributed by atoms with Crippen LogP contribution in [0.3, 0.4) is 0 Å². The minimum atomic E-state index is 0.377. The van der Waals surface area contributed by atoms with Gasteiger partial charge in [0.1, 0.15) is 0 Å². The molecule has 3 atom stereocenters. The predicted octanol–water partition coefficient (Wildman–Crippen LogP) is 2.52. The standard InChI is InChI=1S/C14H27NO/c1-11-6-13(8-14(2,3)7-11)15-5-4-12(9-15)10-16/h11-13,16H,4-10H2,1-3H3/t11-,12-,13-/m1/s1. The molecule has 1 saturated heterocycles. The molecule has 1 aliphatic carbocycles. The maximum Gasteiger partial charge on any atom is 0.0471 e. The number of nitrogens with zero attached hydrogens (tertiary/aromatic N) is 1. The summed E-state index contributed by atoms with van der Waals surface area (Å²) >= 11 is 0. The van der Waals surface area contributed by atoms with Crippen LogP contribution in [0.4, 0.5) is 0 Å². The Morgan fingerprint density at radius 1 is 1.31 bits per heavy atom. The summed E-state index contributed by atoms with van der Waals surface area (Å²) in [6.45, 7) is 9.93. The van der Waals surface area contributed by atoms with Crippen LogP contribution in [0.15, 0.2) is 0 Å². The van der Waals surface area contributed by atoms with Crippen LogP contribution in [0.25, 0.3) is 0 Å². The molecule has 0 aromatic heterocycles. The van der Waals surface area contributed by atoms with E-state index in [0.29, 0.717) is 17.9 Å². The van der Waals surface area contributed by atoms with Gasteiger partial charge in [-0.2, -0.15) is 0 Å². The molecule has 2 rings (SSSR count). The van der Waals surface area contributed by atoms with Crippen LogP contribution in [-0.4, -0.2) is 35.7 Å². The number of hydrogen-bond acceptors (Lipinski definition) is 2. The molecule has 0 unspecified atom stereocenters. The van der Waals surface area contributed by atoms with E-state index in [2.05, 4.69) is 25.7 Å². The molecule has 2 aliphatic rings. The van der Waals surface area contributed by atoms with E-state index in [1.807, 2.05) is 0 Å². The highest BCUT2D eigenvalue weighted by molar-refractivity contribution is 4.90. The molecular formula is C14H27NO. The summed E-state index contributed by atoms with van der Waals surface area (Å²) in [6, 6.07) is 0.773. The van der Waals surface area contributed by atoms with Crippen LogP contribution in [0.1, 0.15) is 46.5 Å². The van der Waals surface area contributed by atoms with Crippen molar-refractivity contribution in [1.29, 1.82) is 0 Å². The molecule has 0 amide bonds. The number of likely N-dealkylation sites (tertiary alicyclic amines) is 1. The first-order valence-electron chi connectivity index (χ1n) is 6.85. The van der Waals surface area contributed by atoms with E-state index in [9.17, 15) is 5.11 Å². The van der Waals surface area contributed by atoms with Crippen LogP contribution >= 0.6 is 0 Å². The number of aliphatic hydroxyl groups is 1. The van der Waals surface area contributed by atoms with Crippen molar-refractivity contribution < 1.29 is 5.11 Å². The minimum absolute atomic E-state index is 0.377. The topological polar surface area (TPSA) is 23.5 Å². The second-order valence-corrected chi connectivity index (χ2v) is 6.90. The first-order valence-corrected chi connectivity index (χ1v) is 6.85. The smallest absolute Gasteiger partial charge is 0.0471 e. The largest absolute Gasteiger partial charge is 0.396 e. The van der Waals surface area contributed by atoms with Gasteiger partial charge in [-0.15, -0.1) is 0 Å². The highest BCUT2D eigenvalue weighted by Crippen LogP contribution is 2.41. The highest BCUT2D eigenvalue weighted by atomic mass is 16.3. The summed E-state index contributed by atoms with van der Waals surface area (Å²) in [5.41, 5.74) is 0.514. The van der Waals surface area contributed by atoms with Crippen molar-refractivity contribution in [2.45, 2.75) is 52.5 Å². The van der Waals surface area contributed by atoms with Crippen molar-refractivity contribution in [2.75, 3.05) is 19.7 Å². The average molecular weight is 225 g/mol. The molecule has 0 aromatic rings. The molecule has 0 radical (unpaired) electrons. The van der Waals surface area contributed by atoms with Gasteiger partial charge in [0, 0.05) is 19.2 Å². The normalized spacial score (nSPS) is 40.1. The fraction of sp³-hybridized carbons (Fsp3) is 1.00. The maximum absolute atomic E-state index is 9.21. The molecule has 1 heterocycles. The average Bonchev–Trinajstić information content (AvgIpc) is 2.62. The first-order chi connectivity index (χ1) is 7.50. The quantitative estimate of drug-likeness (QED) is 0.780. The number of hydrogen-bond donors (Lipinski definition) is 1. The van der Waals surface area contributed by atoms with Gasteiger partial charge in [-0.3, -0.25) is 4.90 Å². The van der Waals surface area contributed by atoms with Crippen LogP contribution in [0.5, 0.6) is 0 Å². The zero-order valence-corrected chi connectivity index (χ0v) is 11.1. The lowest BCUT2D eigenvalue weighted by molar-refractivity contribution is 0.0772. The van der Waals surface area contributed by atoms with Crippen LogP contribution in [0, 0.1) is 17.3 Å². The molecular weight excluding hydrogens is 198 g/mol. The van der Waals surface area contributed by atoms with E-state index < -0.39 is 0 Å². The summed E-state index contributed by atoms with van der Waals surface area (Å²) in [6.07, 6.45) is 5.28. The van der Waals surface area contributed by atoms with Crippen LogP contribution in [0.2, 0.25) is 0 Å². The van der Waals surface area contributed by atoms with Gasteiger partial charge in [0.15, 0.2) is 0 Å².